The Morgan fingerprint density at radius 2 is 2.27 bits per heavy atom. The number of aryl methyl sites for hydroxylation is 2. The first-order valence-electron chi connectivity index (χ1n) is 5.04. The first-order chi connectivity index (χ1) is 7.25. The summed E-state index contributed by atoms with van der Waals surface area (Å²) in [4.78, 5) is 0. The van der Waals surface area contributed by atoms with Crippen molar-refractivity contribution in [2.45, 2.75) is 13.8 Å². The molecule has 0 aliphatic rings. The molecule has 0 spiro atoms. The monoisotopic (exact) mass is 210 g/mol. The van der Waals surface area contributed by atoms with E-state index >= 15 is 0 Å². The molecule has 1 aromatic rings. The zero-order valence-electron chi connectivity index (χ0n) is 9.54. The van der Waals surface area contributed by atoms with Gasteiger partial charge in [-0.1, -0.05) is 17.3 Å². The fourth-order valence-corrected chi connectivity index (χ4v) is 1.26. The van der Waals surface area contributed by atoms with E-state index in [1.54, 1.807) is 7.11 Å². The second kappa shape index (κ2) is 6.37. The van der Waals surface area contributed by atoms with Crippen LogP contribution in [-0.4, -0.2) is 32.0 Å². The molecule has 0 radical (unpaired) electrons. The van der Waals surface area contributed by atoms with E-state index in [1.165, 1.54) is 0 Å². The van der Waals surface area contributed by atoms with Gasteiger partial charge in [-0.25, -0.2) is 0 Å². The molecule has 0 bridgehead atoms. The summed E-state index contributed by atoms with van der Waals surface area (Å²) in [6.45, 7) is 6.28. The van der Waals surface area contributed by atoms with Gasteiger partial charge in [0.25, 0.3) is 0 Å². The van der Waals surface area contributed by atoms with Crippen molar-refractivity contribution in [3.05, 3.63) is 23.1 Å². The maximum absolute atomic E-state index is 5.05. The molecular formula is C11H18N2O2. The lowest BCUT2D eigenvalue weighted by atomic mass is 10.2. The number of rotatable bonds is 6. The molecule has 4 nitrogen and oxygen atoms in total. The first-order valence-corrected chi connectivity index (χ1v) is 5.04. The third-order valence-corrected chi connectivity index (χ3v) is 2.12. The first kappa shape index (κ1) is 11.9. The second-order valence-electron chi connectivity index (χ2n) is 3.34. The Morgan fingerprint density at radius 3 is 2.87 bits per heavy atom. The molecule has 4 heteroatoms. The Morgan fingerprint density at radius 1 is 1.47 bits per heavy atom. The number of methoxy groups -OCH3 is 1. The van der Waals surface area contributed by atoms with Gasteiger partial charge in [-0.3, -0.25) is 0 Å². The molecular weight excluding hydrogens is 192 g/mol. The number of ether oxygens (including phenoxy) is 1. The molecule has 1 heterocycles. The van der Waals surface area contributed by atoms with Gasteiger partial charge in [0.15, 0.2) is 0 Å². The van der Waals surface area contributed by atoms with Gasteiger partial charge < -0.3 is 14.6 Å². The van der Waals surface area contributed by atoms with Gasteiger partial charge in [-0.2, -0.15) is 0 Å². The minimum atomic E-state index is 0.735. The van der Waals surface area contributed by atoms with Crippen molar-refractivity contribution in [1.82, 2.24) is 10.5 Å². The van der Waals surface area contributed by atoms with E-state index in [2.05, 4.69) is 16.5 Å². The maximum atomic E-state index is 5.05. The van der Waals surface area contributed by atoms with Gasteiger partial charge in [-0.15, -0.1) is 0 Å². The van der Waals surface area contributed by atoms with E-state index in [9.17, 15) is 0 Å². The van der Waals surface area contributed by atoms with Crippen molar-refractivity contribution in [3.8, 4) is 0 Å². The molecule has 0 aliphatic carbocycles. The van der Waals surface area contributed by atoms with E-state index in [1.807, 2.05) is 19.9 Å². The Balaban J connectivity index is 2.32. The number of aromatic nitrogens is 1. The van der Waals surface area contributed by atoms with Crippen LogP contribution in [0.3, 0.4) is 0 Å². The Kier molecular flexibility index (Phi) is 5.07. The molecule has 0 fully saturated rings. The van der Waals surface area contributed by atoms with Crippen molar-refractivity contribution in [2.75, 3.05) is 26.8 Å². The van der Waals surface area contributed by atoms with Gasteiger partial charge in [0.1, 0.15) is 5.76 Å². The molecule has 1 N–H and O–H groups in total. The van der Waals surface area contributed by atoms with Crippen LogP contribution in [0.2, 0.25) is 0 Å². The maximum Gasteiger partial charge on any atom is 0.141 e. The van der Waals surface area contributed by atoms with Crippen molar-refractivity contribution < 1.29 is 9.26 Å². The number of hydrogen-bond donors (Lipinski definition) is 1. The predicted octanol–water partition coefficient (Wildman–Crippen LogP) is 1.54. The quantitative estimate of drug-likeness (QED) is 0.723. The second-order valence-corrected chi connectivity index (χ2v) is 3.34. The highest BCUT2D eigenvalue weighted by Crippen LogP contribution is 2.13. The highest BCUT2D eigenvalue weighted by Gasteiger charge is 2.03. The minimum Gasteiger partial charge on any atom is -0.383 e. The van der Waals surface area contributed by atoms with E-state index in [4.69, 9.17) is 9.26 Å². The largest absolute Gasteiger partial charge is 0.383 e. The van der Waals surface area contributed by atoms with Gasteiger partial charge in [0, 0.05) is 25.8 Å². The third kappa shape index (κ3) is 3.85. The lowest BCUT2D eigenvalue weighted by Gasteiger charge is -1.98. The summed E-state index contributed by atoms with van der Waals surface area (Å²) >= 11 is 0. The fourth-order valence-electron chi connectivity index (χ4n) is 1.26. The zero-order valence-corrected chi connectivity index (χ0v) is 9.54. The minimum absolute atomic E-state index is 0.735. The summed E-state index contributed by atoms with van der Waals surface area (Å²) in [7, 11) is 1.70. The standard InChI is InChI=1S/C11H18N2O2/c1-9-11(10(2)15-13-9)5-4-6-12-7-8-14-3/h4-5,12H,6-8H2,1-3H3. The summed E-state index contributed by atoms with van der Waals surface area (Å²) in [5.41, 5.74) is 2.00. The van der Waals surface area contributed by atoms with Gasteiger partial charge in [0.05, 0.1) is 12.3 Å². The molecule has 1 aromatic heterocycles. The van der Waals surface area contributed by atoms with Crippen LogP contribution in [0, 0.1) is 13.8 Å². The summed E-state index contributed by atoms with van der Waals surface area (Å²) in [5.74, 6) is 0.862. The van der Waals surface area contributed by atoms with E-state index in [-0.39, 0.29) is 0 Å². The van der Waals surface area contributed by atoms with E-state index < -0.39 is 0 Å². The Labute approximate surface area is 90.3 Å². The van der Waals surface area contributed by atoms with Gasteiger partial charge in [0.2, 0.25) is 0 Å². The molecule has 0 atom stereocenters. The third-order valence-electron chi connectivity index (χ3n) is 2.12. The van der Waals surface area contributed by atoms with Gasteiger partial charge in [-0.05, 0) is 13.8 Å². The predicted molar refractivity (Wildman–Crippen MR) is 59.8 cm³/mol. The van der Waals surface area contributed by atoms with Crippen molar-refractivity contribution in [3.63, 3.8) is 0 Å². The van der Waals surface area contributed by atoms with Crippen LogP contribution in [0.5, 0.6) is 0 Å². The summed E-state index contributed by atoms with van der Waals surface area (Å²) in [5, 5.41) is 7.10. The van der Waals surface area contributed by atoms with Crippen LogP contribution in [0.1, 0.15) is 17.0 Å². The van der Waals surface area contributed by atoms with Crippen molar-refractivity contribution >= 4 is 6.08 Å². The van der Waals surface area contributed by atoms with Crippen LogP contribution in [0.4, 0.5) is 0 Å². The van der Waals surface area contributed by atoms with Crippen molar-refractivity contribution in [1.29, 1.82) is 0 Å². The molecule has 0 aliphatic heterocycles. The highest BCUT2D eigenvalue weighted by atomic mass is 16.5. The highest BCUT2D eigenvalue weighted by molar-refractivity contribution is 5.53. The average Bonchev–Trinajstić information content (AvgIpc) is 2.54. The molecule has 15 heavy (non-hydrogen) atoms. The van der Waals surface area contributed by atoms with Crippen LogP contribution < -0.4 is 5.32 Å². The number of nitrogens with zero attached hydrogens (tertiary/aromatic N) is 1. The van der Waals surface area contributed by atoms with E-state index in [0.29, 0.717) is 0 Å². The summed E-state index contributed by atoms with van der Waals surface area (Å²) in [6.07, 6.45) is 4.09. The summed E-state index contributed by atoms with van der Waals surface area (Å²) in [6, 6.07) is 0. The molecule has 0 amide bonds. The van der Waals surface area contributed by atoms with Crippen LogP contribution in [0.25, 0.3) is 6.08 Å². The van der Waals surface area contributed by atoms with Crippen LogP contribution in [0.15, 0.2) is 10.6 Å². The lowest BCUT2D eigenvalue weighted by Crippen LogP contribution is -2.18. The fraction of sp³-hybridized carbons (Fsp3) is 0.545. The average molecular weight is 210 g/mol. The van der Waals surface area contributed by atoms with Crippen molar-refractivity contribution in [2.24, 2.45) is 0 Å². The Bertz CT molecular complexity index is 299. The molecule has 0 saturated heterocycles. The normalized spacial score (nSPS) is 11.4. The molecule has 0 unspecified atom stereocenters. The molecule has 1 rings (SSSR count). The number of hydrogen-bond acceptors (Lipinski definition) is 4. The zero-order chi connectivity index (χ0) is 11.1. The van der Waals surface area contributed by atoms with Crippen LogP contribution in [-0.2, 0) is 4.74 Å². The number of nitrogens with one attached hydrogen (secondary N) is 1. The summed E-state index contributed by atoms with van der Waals surface area (Å²) < 4.78 is 9.97. The van der Waals surface area contributed by atoms with Crippen LogP contribution >= 0.6 is 0 Å². The smallest absolute Gasteiger partial charge is 0.141 e. The lowest BCUT2D eigenvalue weighted by molar-refractivity contribution is 0.200. The SMILES string of the molecule is COCCNCC=Cc1c(C)noc1C. The van der Waals surface area contributed by atoms with E-state index in [0.717, 1.165) is 36.7 Å². The molecule has 84 valence electrons. The molecule has 0 aromatic carbocycles. The Hall–Kier alpha value is -1.13. The molecule has 0 saturated carbocycles. The van der Waals surface area contributed by atoms with Gasteiger partial charge >= 0.3 is 0 Å². The topological polar surface area (TPSA) is 47.3 Å².